The highest BCUT2D eigenvalue weighted by Gasteiger charge is 2.22. The first kappa shape index (κ1) is 24.4. The first-order valence-electron chi connectivity index (χ1n) is 13.0. The lowest BCUT2D eigenvalue weighted by Crippen LogP contribution is -2.44. The topological polar surface area (TPSA) is 82.4 Å². The maximum atomic E-state index is 13.1. The maximum Gasteiger partial charge on any atom is 0.256 e. The summed E-state index contributed by atoms with van der Waals surface area (Å²) in [7, 11) is 2.13. The van der Waals surface area contributed by atoms with Crippen LogP contribution in [0.2, 0.25) is 0 Å². The Hall–Kier alpha value is -3.89. The Morgan fingerprint density at radius 3 is 2.74 bits per heavy atom. The predicted octanol–water partition coefficient (Wildman–Crippen LogP) is 3.28. The van der Waals surface area contributed by atoms with Crippen LogP contribution < -0.4 is 10.2 Å². The monoisotopic (exact) mass is 514 g/mol. The quantitative estimate of drug-likeness (QED) is 0.423. The summed E-state index contributed by atoms with van der Waals surface area (Å²) in [6, 6.07) is 13.5. The van der Waals surface area contributed by atoms with Gasteiger partial charge in [0.15, 0.2) is 0 Å². The van der Waals surface area contributed by atoms with Crippen LogP contribution in [-0.2, 0) is 13.1 Å². The van der Waals surface area contributed by atoms with E-state index in [-0.39, 0.29) is 12.6 Å². The van der Waals surface area contributed by atoms with E-state index < -0.39 is 0 Å². The number of hydrogen-bond donors (Lipinski definition) is 1. The molecule has 0 spiro atoms. The molecule has 1 aromatic carbocycles. The molecule has 196 valence electrons. The summed E-state index contributed by atoms with van der Waals surface area (Å²) in [4.78, 5) is 29.1. The van der Waals surface area contributed by atoms with Crippen LogP contribution in [0, 0.1) is 0 Å². The number of nitrogens with one attached hydrogen (secondary N) is 1. The van der Waals surface area contributed by atoms with Gasteiger partial charge in [-0.1, -0.05) is 6.07 Å². The summed E-state index contributed by atoms with van der Waals surface area (Å²) in [5, 5.41) is 8.34. The molecular weight excluding hydrogens is 483 g/mol. The Bertz CT molecular complexity index is 1460. The normalized spacial score (nSPS) is 16.5. The molecule has 4 aromatic rings. The largest absolute Gasteiger partial charge is 0.369 e. The summed E-state index contributed by atoms with van der Waals surface area (Å²) in [5.41, 5.74) is 5.16. The molecule has 2 aliphatic heterocycles. The second-order valence-electron chi connectivity index (χ2n) is 9.95. The van der Waals surface area contributed by atoms with Crippen LogP contribution in [-0.4, -0.2) is 88.4 Å². The fourth-order valence-electron chi connectivity index (χ4n) is 5.15. The molecule has 0 radical (unpaired) electrons. The molecule has 6 rings (SSSR count). The number of nitrogens with zero attached hydrogens (tertiary/aromatic N) is 7. The average Bonchev–Trinajstić information content (AvgIpc) is 3.37. The number of hydrogen-bond acceptors (Lipinski definition) is 7. The van der Waals surface area contributed by atoms with Gasteiger partial charge in [0.1, 0.15) is 12.5 Å². The van der Waals surface area contributed by atoms with E-state index in [9.17, 15) is 9.18 Å². The molecule has 0 unspecified atom stereocenters. The molecule has 2 aliphatic rings. The van der Waals surface area contributed by atoms with E-state index in [1.54, 1.807) is 12.3 Å². The van der Waals surface area contributed by atoms with Crippen molar-refractivity contribution in [1.82, 2.24) is 29.5 Å². The van der Waals surface area contributed by atoms with Gasteiger partial charge in [-0.15, -0.1) is 0 Å². The minimum absolute atomic E-state index is 0.206. The standard InChI is InChI=1S/C28H31FN8O/c1-34-9-12-36(13-10-34)22-4-2-3-20(15-22)28(38)33-27-16-25-21(17-30-27)5-6-24(32-25)23-18-31-37-14-11-35(8-7-29)19-26(23)37/h2-6,15-18H,7-14,19H2,1H3,(H,30,33,38). The minimum Gasteiger partial charge on any atom is -0.369 e. The zero-order valence-electron chi connectivity index (χ0n) is 21.5. The smallest absolute Gasteiger partial charge is 0.256 e. The van der Waals surface area contributed by atoms with Gasteiger partial charge in [-0.05, 0) is 37.4 Å². The van der Waals surface area contributed by atoms with E-state index >= 15 is 0 Å². The van der Waals surface area contributed by atoms with Crippen LogP contribution in [0.1, 0.15) is 16.1 Å². The van der Waals surface area contributed by atoms with Crippen molar-refractivity contribution < 1.29 is 9.18 Å². The summed E-state index contributed by atoms with van der Waals surface area (Å²) >= 11 is 0. The number of carbonyl (C=O) groups is 1. The van der Waals surface area contributed by atoms with E-state index in [2.05, 4.69) is 37.1 Å². The maximum absolute atomic E-state index is 13.1. The van der Waals surface area contributed by atoms with Gasteiger partial charge in [0.2, 0.25) is 0 Å². The van der Waals surface area contributed by atoms with Crippen LogP contribution in [0.5, 0.6) is 0 Å². The third-order valence-electron chi connectivity index (χ3n) is 7.42. The van der Waals surface area contributed by atoms with E-state index in [1.807, 2.05) is 47.3 Å². The molecular formula is C28H31FN8O. The number of amides is 1. The number of alkyl halides is 1. The Morgan fingerprint density at radius 2 is 1.89 bits per heavy atom. The SMILES string of the molecule is CN1CCN(c2cccc(C(=O)Nc3cc4nc(-c5cnn6c5CN(CCF)CC6)ccc4cn3)c2)CC1. The minimum atomic E-state index is -0.362. The van der Waals surface area contributed by atoms with E-state index in [0.717, 1.165) is 72.8 Å². The molecule has 0 aliphatic carbocycles. The highest BCUT2D eigenvalue weighted by molar-refractivity contribution is 6.05. The van der Waals surface area contributed by atoms with Gasteiger partial charge in [0.05, 0.1) is 29.6 Å². The lowest BCUT2D eigenvalue weighted by atomic mass is 10.1. The second kappa shape index (κ2) is 10.5. The molecule has 1 amide bonds. The average molecular weight is 515 g/mol. The highest BCUT2D eigenvalue weighted by atomic mass is 19.1. The number of pyridine rings is 2. The molecule has 3 aromatic heterocycles. The van der Waals surface area contributed by atoms with Crippen LogP contribution in [0.25, 0.3) is 22.2 Å². The van der Waals surface area contributed by atoms with Crippen molar-refractivity contribution in [3.63, 3.8) is 0 Å². The third kappa shape index (κ3) is 4.97. The lowest BCUT2D eigenvalue weighted by Gasteiger charge is -2.34. The Labute approximate surface area is 220 Å². The Balaban J connectivity index is 1.22. The second-order valence-corrected chi connectivity index (χ2v) is 9.95. The zero-order chi connectivity index (χ0) is 26.1. The van der Waals surface area contributed by atoms with Crippen molar-refractivity contribution in [1.29, 1.82) is 0 Å². The predicted molar refractivity (Wildman–Crippen MR) is 146 cm³/mol. The fourth-order valence-corrected chi connectivity index (χ4v) is 5.15. The molecule has 0 bridgehead atoms. The Kier molecular flexibility index (Phi) is 6.73. The number of fused-ring (bicyclic) bond motifs is 2. The lowest BCUT2D eigenvalue weighted by molar-refractivity contribution is 0.102. The van der Waals surface area contributed by atoms with E-state index in [0.29, 0.717) is 24.5 Å². The van der Waals surface area contributed by atoms with Crippen molar-refractivity contribution in [2.45, 2.75) is 13.1 Å². The van der Waals surface area contributed by atoms with Gasteiger partial charge >= 0.3 is 0 Å². The molecule has 10 heteroatoms. The summed E-state index contributed by atoms with van der Waals surface area (Å²) in [6.45, 7) is 6.11. The van der Waals surface area contributed by atoms with Gasteiger partial charge in [-0.25, -0.2) is 14.4 Å². The fraction of sp³-hybridized carbons (Fsp3) is 0.357. The van der Waals surface area contributed by atoms with Gasteiger partial charge in [-0.3, -0.25) is 14.4 Å². The number of carbonyl (C=O) groups excluding carboxylic acids is 1. The third-order valence-corrected chi connectivity index (χ3v) is 7.42. The number of halogens is 1. The molecule has 1 saturated heterocycles. The van der Waals surface area contributed by atoms with Crippen molar-refractivity contribution in [3.05, 3.63) is 66.1 Å². The van der Waals surface area contributed by atoms with Crippen molar-refractivity contribution in [2.75, 3.05) is 63.2 Å². The molecule has 0 saturated carbocycles. The van der Waals surface area contributed by atoms with Gasteiger partial charge < -0.3 is 15.1 Å². The van der Waals surface area contributed by atoms with Crippen molar-refractivity contribution in [2.24, 2.45) is 0 Å². The molecule has 1 N–H and O–H groups in total. The van der Waals surface area contributed by atoms with Gasteiger partial charge in [0.25, 0.3) is 5.91 Å². The number of piperazine rings is 1. The van der Waals surface area contributed by atoms with Gasteiger partial charge in [0, 0.05) is 80.3 Å². The number of benzene rings is 1. The molecule has 0 atom stereocenters. The summed E-state index contributed by atoms with van der Waals surface area (Å²) < 4.78 is 14.9. The number of likely N-dealkylation sites (N-methyl/N-ethyl adjacent to an activating group) is 1. The van der Waals surface area contributed by atoms with E-state index in [4.69, 9.17) is 4.98 Å². The number of anilines is 2. The molecule has 1 fully saturated rings. The van der Waals surface area contributed by atoms with Crippen LogP contribution in [0.3, 0.4) is 0 Å². The van der Waals surface area contributed by atoms with Gasteiger partial charge in [-0.2, -0.15) is 5.10 Å². The molecule has 9 nitrogen and oxygen atoms in total. The van der Waals surface area contributed by atoms with Crippen molar-refractivity contribution in [3.8, 4) is 11.3 Å². The first-order chi connectivity index (χ1) is 18.6. The number of rotatable bonds is 6. The molecule has 38 heavy (non-hydrogen) atoms. The number of aromatic nitrogens is 4. The van der Waals surface area contributed by atoms with E-state index in [1.165, 1.54) is 0 Å². The summed E-state index contributed by atoms with van der Waals surface area (Å²) in [6.07, 6.45) is 3.55. The highest BCUT2D eigenvalue weighted by Crippen LogP contribution is 2.28. The van der Waals surface area contributed by atoms with Crippen LogP contribution in [0.15, 0.2) is 54.9 Å². The summed E-state index contributed by atoms with van der Waals surface area (Å²) in [5.74, 6) is 0.242. The van der Waals surface area contributed by atoms with Crippen molar-refractivity contribution >= 4 is 28.3 Å². The molecule has 5 heterocycles. The first-order valence-corrected chi connectivity index (χ1v) is 13.0. The zero-order valence-corrected chi connectivity index (χ0v) is 21.5. The van der Waals surface area contributed by atoms with Crippen LogP contribution in [0.4, 0.5) is 15.9 Å². The van der Waals surface area contributed by atoms with Crippen LogP contribution >= 0.6 is 0 Å². The Morgan fingerprint density at radius 1 is 1.03 bits per heavy atom.